The Kier molecular flexibility index (Phi) is 4.10. The van der Waals surface area contributed by atoms with E-state index >= 15 is 0 Å². The zero-order valence-corrected chi connectivity index (χ0v) is 14.7. The SMILES string of the molecule is Cc1ccccc1Cc1nc2ccccc2n1C(C)c1ccccc1. The molecule has 1 unspecified atom stereocenters. The van der Waals surface area contributed by atoms with Crippen LogP contribution < -0.4 is 0 Å². The third-order valence-electron chi connectivity index (χ3n) is 4.95. The van der Waals surface area contributed by atoms with Gasteiger partial charge in [-0.3, -0.25) is 0 Å². The Balaban J connectivity index is 1.85. The van der Waals surface area contributed by atoms with E-state index in [-0.39, 0.29) is 6.04 Å². The lowest BCUT2D eigenvalue weighted by molar-refractivity contribution is 0.627. The van der Waals surface area contributed by atoms with Crippen molar-refractivity contribution in [1.29, 1.82) is 0 Å². The molecule has 1 heterocycles. The molecule has 2 nitrogen and oxygen atoms in total. The van der Waals surface area contributed by atoms with Gasteiger partial charge >= 0.3 is 0 Å². The molecular weight excluding hydrogens is 304 g/mol. The highest BCUT2D eigenvalue weighted by molar-refractivity contribution is 5.76. The molecule has 0 amide bonds. The van der Waals surface area contributed by atoms with E-state index in [0.717, 1.165) is 17.8 Å². The van der Waals surface area contributed by atoms with Crippen LogP contribution in [0.4, 0.5) is 0 Å². The standard InChI is InChI=1S/C23H22N2/c1-17-10-6-7-13-20(17)16-23-24-21-14-8-9-15-22(21)25(23)18(2)19-11-4-3-5-12-19/h3-15,18H,16H2,1-2H3. The van der Waals surface area contributed by atoms with Crippen LogP contribution in [0, 0.1) is 6.92 Å². The van der Waals surface area contributed by atoms with Gasteiger partial charge in [0.25, 0.3) is 0 Å². The van der Waals surface area contributed by atoms with Crippen LogP contribution in [0.3, 0.4) is 0 Å². The number of hydrogen-bond donors (Lipinski definition) is 0. The van der Waals surface area contributed by atoms with Gasteiger partial charge in [0.15, 0.2) is 0 Å². The van der Waals surface area contributed by atoms with Crippen LogP contribution in [0.5, 0.6) is 0 Å². The number of nitrogens with zero attached hydrogens (tertiary/aromatic N) is 2. The summed E-state index contributed by atoms with van der Waals surface area (Å²) >= 11 is 0. The number of imidazole rings is 1. The highest BCUT2D eigenvalue weighted by Gasteiger charge is 2.17. The molecule has 4 rings (SSSR count). The van der Waals surface area contributed by atoms with Crippen LogP contribution in [0.2, 0.25) is 0 Å². The van der Waals surface area contributed by atoms with E-state index in [1.54, 1.807) is 0 Å². The first-order chi connectivity index (χ1) is 12.2. The number of aromatic nitrogens is 2. The first kappa shape index (κ1) is 15.6. The van der Waals surface area contributed by atoms with Gasteiger partial charge < -0.3 is 4.57 Å². The summed E-state index contributed by atoms with van der Waals surface area (Å²) in [6.45, 7) is 4.42. The van der Waals surface area contributed by atoms with Crippen LogP contribution in [0.25, 0.3) is 11.0 Å². The Morgan fingerprint density at radius 3 is 2.32 bits per heavy atom. The van der Waals surface area contributed by atoms with Gasteiger partial charge in [0.2, 0.25) is 0 Å². The molecular formula is C23H22N2. The fourth-order valence-corrected chi connectivity index (χ4v) is 3.51. The van der Waals surface area contributed by atoms with Crippen molar-refractivity contribution in [2.75, 3.05) is 0 Å². The number of fused-ring (bicyclic) bond motifs is 1. The predicted molar refractivity (Wildman–Crippen MR) is 104 cm³/mol. The molecule has 0 bridgehead atoms. The normalized spacial score (nSPS) is 12.4. The zero-order valence-electron chi connectivity index (χ0n) is 14.7. The molecule has 1 atom stereocenters. The van der Waals surface area contributed by atoms with E-state index in [4.69, 9.17) is 4.98 Å². The number of rotatable bonds is 4. The van der Waals surface area contributed by atoms with Gasteiger partial charge in [0, 0.05) is 6.42 Å². The summed E-state index contributed by atoms with van der Waals surface area (Å²) in [6.07, 6.45) is 0.846. The number of hydrogen-bond acceptors (Lipinski definition) is 1. The molecule has 0 saturated carbocycles. The molecule has 4 aromatic rings. The van der Waals surface area contributed by atoms with E-state index < -0.39 is 0 Å². The van der Waals surface area contributed by atoms with Crippen molar-refractivity contribution < 1.29 is 0 Å². The number of aryl methyl sites for hydroxylation is 1. The second kappa shape index (κ2) is 6.56. The van der Waals surface area contributed by atoms with E-state index in [9.17, 15) is 0 Å². The third-order valence-corrected chi connectivity index (χ3v) is 4.95. The van der Waals surface area contributed by atoms with Crippen LogP contribution in [-0.4, -0.2) is 9.55 Å². The molecule has 0 fully saturated rings. The van der Waals surface area contributed by atoms with Gasteiger partial charge in [-0.25, -0.2) is 4.98 Å². The maximum atomic E-state index is 4.96. The molecule has 0 spiro atoms. The van der Waals surface area contributed by atoms with Crippen molar-refractivity contribution in [3.05, 3.63) is 101 Å². The van der Waals surface area contributed by atoms with Crippen LogP contribution in [0.1, 0.15) is 35.5 Å². The minimum Gasteiger partial charge on any atom is -0.320 e. The summed E-state index contributed by atoms with van der Waals surface area (Å²) in [6, 6.07) is 27.9. The molecule has 3 aromatic carbocycles. The van der Waals surface area contributed by atoms with Crippen molar-refractivity contribution in [1.82, 2.24) is 9.55 Å². The van der Waals surface area contributed by atoms with Crippen LogP contribution in [0.15, 0.2) is 78.9 Å². The monoisotopic (exact) mass is 326 g/mol. The summed E-state index contributed by atoms with van der Waals surface area (Å²) in [7, 11) is 0. The third kappa shape index (κ3) is 2.96. The van der Waals surface area contributed by atoms with Crippen molar-refractivity contribution in [2.45, 2.75) is 26.3 Å². The average Bonchev–Trinajstić information content (AvgIpc) is 3.01. The molecule has 124 valence electrons. The fourth-order valence-electron chi connectivity index (χ4n) is 3.51. The van der Waals surface area contributed by atoms with Crippen LogP contribution in [-0.2, 0) is 6.42 Å². The highest BCUT2D eigenvalue weighted by atomic mass is 15.1. The van der Waals surface area contributed by atoms with E-state index in [1.165, 1.54) is 22.2 Å². The van der Waals surface area contributed by atoms with Crippen molar-refractivity contribution in [3.63, 3.8) is 0 Å². The minimum absolute atomic E-state index is 0.243. The second-order valence-electron chi connectivity index (χ2n) is 6.58. The van der Waals surface area contributed by atoms with Gasteiger partial charge in [-0.15, -0.1) is 0 Å². The first-order valence-corrected chi connectivity index (χ1v) is 8.79. The largest absolute Gasteiger partial charge is 0.320 e. The van der Waals surface area contributed by atoms with E-state index in [1.807, 2.05) is 0 Å². The average molecular weight is 326 g/mol. The minimum atomic E-state index is 0.243. The molecule has 0 N–H and O–H groups in total. The quantitative estimate of drug-likeness (QED) is 0.481. The van der Waals surface area contributed by atoms with E-state index in [0.29, 0.717) is 0 Å². The lowest BCUT2D eigenvalue weighted by Gasteiger charge is -2.18. The summed E-state index contributed by atoms with van der Waals surface area (Å²) < 4.78 is 2.39. The maximum absolute atomic E-state index is 4.96. The summed E-state index contributed by atoms with van der Waals surface area (Å²) in [5.74, 6) is 1.12. The van der Waals surface area contributed by atoms with Crippen molar-refractivity contribution >= 4 is 11.0 Å². The number of benzene rings is 3. The van der Waals surface area contributed by atoms with Gasteiger partial charge in [0.05, 0.1) is 17.1 Å². The highest BCUT2D eigenvalue weighted by Crippen LogP contribution is 2.27. The molecule has 0 aliphatic carbocycles. The molecule has 0 aliphatic rings. The lowest BCUT2D eigenvalue weighted by atomic mass is 10.0. The van der Waals surface area contributed by atoms with Gasteiger partial charge in [-0.1, -0.05) is 66.7 Å². The van der Waals surface area contributed by atoms with Gasteiger partial charge in [-0.05, 0) is 42.7 Å². The molecule has 0 saturated heterocycles. The molecule has 0 aliphatic heterocycles. The molecule has 0 radical (unpaired) electrons. The molecule has 25 heavy (non-hydrogen) atoms. The second-order valence-corrected chi connectivity index (χ2v) is 6.58. The first-order valence-electron chi connectivity index (χ1n) is 8.79. The fraction of sp³-hybridized carbons (Fsp3) is 0.174. The number of para-hydroxylation sites is 2. The molecule has 2 heteroatoms. The summed E-state index contributed by atoms with van der Waals surface area (Å²) in [4.78, 5) is 4.96. The topological polar surface area (TPSA) is 17.8 Å². The summed E-state index contributed by atoms with van der Waals surface area (Å²) in [5.41, 5.74) is 6.21. The Morgan fingerprint density at radius 1 is 0.840 bits per heavy atom. The maximum Gasteiger partial charge on any atom is 0.114 e. The van der Waals surface area contributed by atoms with Crippen molar-refractivity contribution in [3.8, 4) is 0 Å². The van der Waals surface area contributed by atoms with Gasteiger partial charge in [0.1, 0.15) is 5.82 Å². The lowest BCUT2D eigenvalue weighted by Crippen LogP contribution is -2.11. The summed E-state index contributed by atoms with van der Waals surface area (Å²) in [5, 5.41) is 0. The smallest absolute Gasteiger partial charge is 0.114 e. The van der Waals surface area contributed by atoms with E-state index in [2.05, 4.69) is 97.3 Å². The van der Waals surface area contributed by atoms with Crippen molar-refractivity contribution in [2.24, 2.45) is 0 Å². The Bertz CT molecular complexity index is 999. The molecule has 1 aromatic heterocycles. The zero-order chi connectivity index (χ0) is 17.2. The Hall–Kier alpha value is -2.87. The van der Waals surface area contributed by atoms with Crippen LogP contribution >= 0.6 is 0 Å². The Morgan fingerprint density at radius 2 is 1.52 bits per heavy atom. The Labute approximate surface area is 148 Å². The van der Waals surface area contributed by atoms with Gasteiger partial charge in [-0.2, -0.15) is 0 Å². The predicted octanol–water partition coefficient (Wildman–Crippen LogP) is 5.54.